The van der Waals surface area contributed by atoms with Crippen LogP contribution < -0.4 is 4.74 Å². The van der Waals surface area contributed by atoms with Crippen LogP contribution in [0.5, 0.6) is 5.75 Å². The molecule has 0 radical (unpaired) electrons. The van der Waals surface area contributed by atoms with E-state index < -0.39 is 0 Å². The van der Waals surface area contributed by atoms with Gasteiger partial charge in [0.1, 0.15) is 5.75 Å². The van der Waals surface area contributed by atoms with Gasteiger partial charge < -0.3 is 19.3 Å². The highest BCUT2D eigenvalue weighted by molar-refractivity contribution is 5.89. The molecule has 0 aliphatic carbocycles. The average molecular weight is 346 g/mol. The Morgan fingerprint density at radius 2 is 1.80 bits per heavy atom. The maximum absolute atomic E-state index is 12.8. The lowest BCUT2D eigenvalue weighted by atomic mass is 10.1. The van der Waals surface area contributed by atoms with E-state index in [1.54, 1.807) is 12.0 Å². The molecule has 2 heterocycles. The van der Waals surface area contributed by atoms with Crippen LogP contribution in [0, 0.1) is 5.92 Å². The van der Waals surface area contributed by atoms with Crippen molar-refractivity contribution in [2.45, 2.75) is 39.0 Å². The molecule has 2 aliphatic rings. The summed E-state index contributed by atoms with van der Waals surface area (Å²) in [5.74, 6) is 0.666. The Morgan fingerprint density at radius 1 is 1.16 bits per heavy atom. The highest BCUT2D eigenvalue weighted by Crippen LogP contribution is 2.24. The van der Waals surface area contributed by atoms with Gasteiger partial charge in [0, 0.05) is 32.6 Å². The summed E-state index contributed by atoms with van der Waals surface area (Å²) in [5, 5.41) is 0. The molecule has 2 fully saturated rings. The van der Waals surface area contributed by atoms with Crippen molar-refractivity contribution in [2.24, 2.45) is 5.92 Å². The van der Waals surface area contributed by atoms with Crippen molar-refractivity contribution in [1.82, 2.24) is 9.80 Å². The molecule has 3 atom stereocenters. The fourth-order valence-corrected chi connectivity index (χ4v) is 3.66. The SMILES string of the molecule is COc1ccc(CN2C[C@H](C(=O)N3C[C@@H](C)O[C@H](C)C3)CC2=O)cc1. The number of hydrogen-bond donors (Lipinski definition) is 0. The van der Waals surface area contributed by atoms with Gasteiger partial charge >= 0.3 is 0 Å². The van der Waals surface area contributed by atoms with Crippen molar-refractivity contribution in [3.05, 3.63) is 29.8 Å². The Balaban J connectivity index is 1.60. The van der Waals surface area contributed by atoms with Crippen LogP contribution in [0.1, 0.15) is 25.8 Å². The Morgan fingerprint density at radius 3 is 2.40 bits per heavy atom. The first-order valence-electron chi connectivity index (χ1n) is 8.81. The summed E-state index contributed by atoms with van der Waals surface area (Å²) in [6.45, 7) is 6.18. The lowest BCUT2D eigenvalue weighted by Crippen LogP contribution is -2.50. The molecule has 0 aromatic heterocycles. The van der Waals surface area contributed by atoms with Crippen LogP contribution in [-0.2, 0) is 20.9 Å². The molecule has 0 unspecified atom stereocenters. The van der Waals surface area contributed by atoms with Crippen LogP contribution in [0.25, 0.3) is 0 Å². The number of carbonyl (C=O) groups excluding carboxylic acids is 2. The fraction of sp³-hybridized carbons (Fsp3) is 0.579. The summed E-state index contributed by atoms with van der Waals surface area (Å²) in [7, 11) is 1.63. The molecule has 2 saturated heterocycles. The van der Waals surface area contributed by atoms with Gasteiger partial charge in [0.25, 0.3) is 0 Å². The molecule has 6 heteroatoms. The standard InChI is InChI=1S/C19H26N2O4/c1-13-9-21(10-14(2)25-13)19(23)16-8-18(22)20(12-16)11-15-4-6-17(24-3)7-5-15/h4-7,13-14,16H,8-12H2,1-3H3/t13-,14-,16-/m1/s1. The largest absolute Gasteiger partial charge is 0.497 e. The summed E-state index contributed by atoms with van der Waals surface area (Å²) in [6, 6.07) is 7.67. The Kier molecular flexibility index (Phi) is 5.27. The molecule has 1 aromatic carbocycles. The van der Waals surface area contributed by atoms with Crippen molar-refractivity contribution in [1.29, 1.82) is 0 Å². The summed E-state index contributed by atoms with van der Waals surface area (Å²) < 4.78 is 10.8. The highest BCUT2D eigenvalue weighted by Gasteiger charge is 2.38. The number of carbonyl (C=O) groups is 2. The minimum absolute atomic E-state index is 0.0419. The van der Waals surface area contributed by atoms with Crippen LogP contribution in [0.2, 0.25) is 0 Å². The average Bonchev–Trinajstić information content (AvgIpc) is 2.94. The number of nitrogens with zero attached hydrogens (tertiary/aromatic N) is 2. The van der Waals surface area contributed by atoms with E-state index in [0.29, 0.717) is 32.6 Å². The van der Waals surface area contributed by atoms with E-state index in [4.69, 9.17) is 9.47 Å². The number of methoxy groups -OCH3 is 1. The van der Waals surface area contributed by atoms with Gasteiger partial charge in [-0.25, -0.2) is 0 Å². The molecule has 2 aliphatic heterocycles. The van der Waals surface area contributed by atoms with Gasteiger partial charge in [-0.1, -0.05) is 12.1 Å². The second-order valence-electron chi connectivity index (χ2n) is 7.02. The molecule has 0 spiro atoms. The van der Waals surface area contributed by atoms with Crippen molar-refractivity contribution in [2.75, 3.05) is 26.7 Å². The molecular weight excluding hydrogens is 320 g/mol. The number of ether oxygens (including phenoxy) is 2. The molecule has 0 bridgehead atoms. The van der Waals surface area contributed by atoms with E-state index in [-0.39, 0.29) is 29.9 Å². The van der Waals surface area contributed by atoms with Crippen LogP contribution in [-0.4, -0.2) is 60.6 Å². The van der Waals surface area contributed by atoms with Crippen LogP contribution >= 0.6 is 0 Å². The second-order valence-corrected chi connectivity index (χ2v) is 7.02. The number of amides is 2. The van der Waals surface area contributed by atoms with Crippen LogP contribution in [0.3, 0.4) is 0 Å². The lowest BCUT2D eigenvalue weighted by molar-refractivity contribution is -0.147. The fourth-order valence-electron chi connectivity index (χ4n) is 3.66. The maximum Gasteiger partial charge on any atom is 0.228 e. The van der Waals surface area contributed by atoms with Gasteiger partial charge in [-0.3, -0.25) is 9.59 Å². The van der Waals surface area contributed by atoms with Crippen molar-refractivity contribution in [3.8, 4) is 5.75 Å². The van der Waals surface area contributed by atoms with E-state index in [9.17, 15) is 9.59 Å². The third-order valence-electron chi connectivity index (χ3n) is 4.83. The first-order valence-corrected chi connectivity index (χ1v) is 8.81. The smallest absolute Gasteiger partial charge is 0.228 e. The Labute approximate surface area is 148 Å². The topological polar surface area (TPSA) is 59.1 Å². The second kappa shape index (κ2) is 7.44. The van der Waals surface area contributed by atoms with E-state index in [2.05, 4.69) is 0 Å². The molecule has 136 valence electrons. The van der Waals surface area contributed by atoms with Crippen LogP contribution in [0.15, 0.2) is 24.3 Å². The molecule has 0 saturated carbocycles. The third kappa shape index (κ3) is 4.12. The van der Waals surface area contributed by atoms with Gasteiger partial charge in [-0.15, -0.1) is 0 Å². The van der Waals surface area contributed by atoms with Gasteiger partial charge in [0.15, 0.2) is 0 Å². The predicted octanol–water partition coefficient (Wildman–Crippen LogP) is 1.68. The maximum atomic E-state index is 12.8. The van der Waals surface area contributed by atoms with Crippen molar-refractivity contribution in [3.63, 3.8) is 0 Å². The van der Waals surface area contributed by atoms with E-state index in [0.717, 1.165) is 11.3 Å². The predicted molar refractivity (Wildman–Crippen MR) is 93.1 cm³/mol. The number of rotatable bonds is 4. The normalized spacial score (nSPS) is 26.8. The van der Waals surface area contributed by atoms with Crippen molar-refractivity contribution >= 4 is 11.8 Å². The molecule has 2 amide bonds. The monoisotopic (exact) mass is 346 g/mol. The number of hydrogen-bond acceptors (Lipinski definition) is 4. The van der Waals surface area contributed by atoms with Crippen molar-refractivity contribution < 1.29 is 19.1 Å². The zero-order valence-electron chi connectivity index (χ0n) is 15.1. The molecule has 0 N–H and O–H groups in total. The quantitative estimate of drug-likeness (QED) is 0.832. The molecule has 3 rings (SSSR count). The zero-order chi connectivity index (χ0) is 18.0. The molecule has 1 aromatic rings. The van der Waals surface area contributed by atoms with Gasteiger partial charge in [0.05, 0.1) is 25.2 Å². The van der Waals surface area contributed by atoms with E-state index >= 15 is 0 Å². The summed E-state index contributed by atoms with van der Waals surface area (Å²) in [5.41, 5.74) is 1.04. The van der Waals surface area contributed by atoms with E-state index in [1.807, 2.05) is 43.0 Å². The van der Waals surface area contributed by atoms with Crippen LogP contribution in [0.4, 0.5) is 0 Å². The number of morpholine rings is 1. The number of likely N-dealkylation sites (tertiary alicyclic amines) is 1. The Bertz CT molecular complexity index is 621. The molecular formula is C19H26N2O4. The minimum atomic E-state index is -0.247. The summed E-state index contributed by atoms with van der Waals surface area (Å²) in [4.78, 5) is 28.8. The lowest BCUT2D eigenvalue weighted by Gasteiger charge is -2.36. The third-order valence-corrected chi connectivity index (χ3v) is 4.83. The summed E-state index contributed by atoms with van der Waals surface area (Å²) in [6.07, 6.45) is 0.384. The molecule has 25 heavy (non-hydrogen) atoms. The van der Waals surface area contributed by atoms with Gasteiger partial charge in [0.2, 0.25) is 11.8 Å². The van der Waals surface area contributed by atoms with E-state index in [1.165, 1.54) is 0 Å². The Hall–Kier alpha value is -2.08. The highest BCUT2D eigenvalue weighted by atomic mass is 16.5. The summed E-state index contributed by atoms with van der Waals surface area (Å²) >= 11 is 0. The van der Waals surface area contributed by atoms with Gasteiger partial charge in [-0.05, 0) is 31.5 Å². The molecule has 6 nitrogen and oxygen atoms in total. The number of benzene rings is 1. The minimum Gasteiger partial charge on any atom is -0.497 e. The zero-order valence-corrected chi connectivity index (χ0v) is 15.1. The first-order chi connectivity index (χ1) is 12.0. The first kappa shape index (κ1) is 17.7. The van der Waals surface area contributed by atoms with Gasteiger partial charge in [-0.2, -0.15) is 0 Å².